The molecule has 1 saturated carbocycles. The normalized spacial score (nSPS) is 17.7. The lowest BCUT2D eigenvalue weighted by Crippen LogP contribution is -2.42. The van der Waals surface area contributed by atoms with Gasteiger partial charge in [0.1, 0.15) is 5.82 Å². The number of anilines is 1. The predicted molar refractivity (Wildman–Crippen MR) is 69.8 cm³/mol. The van der Waals surface area contributed by atoms with Gasteiger partial charge in [-0.3, -0.25) is 4.79 Å². The second kappa shape index (κ2) is 5.06. The lowest BCUT2D eigenvalue weighted by Gasteiger charge is -2.26. The maximum Gasteiger partial charge on any atom is 0.228 e. The zero-order valence-corrected chi connectivity index (χ0v) is 10.7. The quantitative estimate of drug-likeness (QED) is 0.895. The van der Waals surface area contributed by atoms with E-state index in [4.69, 9.17) is 5.73 Å². The number of hydrogen-bond donors (Lipinski definition) is 1. The highest BCUT2D eigenvalue weighted by Gasteiger charge is 2.32. The number of nitrogens with two attached hydrogens (primary N) is 1. The topological polar surface area (TPSA) is 46.3 Å². The number of rotatable bonds is 3. The molecule has 0 spiro atoms. The summed E-state index contributed by atoms with van der Waals surface area (Å²) in [6, 6.07) is 6.04. The molecule has 0 aromatic heterocycles. The summed E-state index contributed by atoms with van der Waals surface area (Å²) in [4.78, 5) is 13.6. The highest BCUT2D eigenvalue weighted by Crippen LogP contribution is 2.31. The summed E-state index contributed by atoms with van der Waals surface area (Å²) < 4.78 is 13.1. The zero-order chi connectivity index (χ0) is 13.2. The molecule has 0 aliphatic heterocycles. The molecule has 2 rings (SSSR count). The minimum absolute atomic E-state index is 0.0509. The Morgan fingerprint density at radius 3 is 2.72 bits per heavy atom. The molecule has 0 saturated heterocycles. The van der Waals surface area contributed by atoms with Gasteiger partial charge < -0.3 is 10.6 Å². The number of amides is 1. The maximum atomic E-state index is 13.1. The van der Waals surface area contributed by atoms with E-state index in [1.165, 1.54) is 17.0 Å². The van der Waals surface area contributed by atoms with Crippen LogP contribution in [0, 0.1) is 5.82 Å². The van der Waals surface area contributed by atoms with Gasteiger partial charge in [0, 0.05) is 24.7 Å². The van der Waals surface area contributed by atoms with Gasteiger partial charge in [0.05, 0.1) is 0 Å². The number of benzene rings is 1. The Morgan fingerprint density at radius 1 is 1.44 bits per heavy atom. The molecular weight excluding hydrogens is 231 g/mol. The van der Waals surface area contributed by atoms with Gasteiger partial charge >= 0.3 is 0 Å². The molecule has 3 nitrogen and oxygen atoms in total. The Kier molecular flexibility index (Phi) is 3.66. The molecule has 1 aliphatic carbocycles. The first-order chi connectivity index (χ1) is 8.50. The number of carbonyl (C=O) groups excluding carboxylic acids is 1. The number of halogens is 1. The Bertz CT molecular complexity index is 441. The second-order valence-corrected chi connectivity index (χ2v) is 5.18. The van der Waals surface area contributed by atoms with E-state index in [-0.39, 0.29) is 17.3 Å². The van der Waals surface area contributed by atoms with Crippen molar-refractivity contribution in [2.24, 2.45) is 5.73 Å². The third-order valence-electron chi connectivity index (χ3n) is 3.67. The summed E-state index contributed by atoms with van der Waals surface area (Å²) >= 11 is 0. The summed E-state index contributed by atoms with van der Waals surface area (Å²) in [5, 5.41) is 0. The van der Waals surface area contributed by atoms with Crippen molar-refractivity contribution in [2.45, 2.75) is 37.6 Å². The smallest absolute Gasteiger partial charge is 0.228 e. The molecule has 1 aromatic rings. The van der Waals surface area contributed by atoms with E-state index in [0.717, 1.165) is 25.7 Å². The van der Waals surface area contributed by atoms with Crippen molar-refractivity contribution in [1.29, 1.82) is 0 Å². The summed E-state index contributed by atoms with van der Waals surface area (Å²) in [6.45, 7) is 0. The number of hydrogen-bond acceptors (Lipinski definition) is 2. The van der Waals surface area contributed by atoms with E-state index in [9.17, 15) is 9.18 Å². The molecular formula is C14H19FN2O. The monoisotopic (exact) mass is 250 g/mol. The van der Waals surface area contributed by atoms with Crippen LogP contribution in [0.5, 0.6) is 0 Å². The van der Waals surface area contributed by atoms with Gasteiger partial charge in [-0.2, -0.15) is 0 Å². The van der Waals surface area contributed by atoms with Crippen LogP contribution in [-0.2, 0) is 4.79 Å². The number of carbonyl (C=O) groups is 1. The van der Waals surface area contributed by atoms with Gasteiger partial charge in [-0.25, -0.2) is 4.39 Å². The van der Waals surface area contributed by atoms with Gasteiger partial charge in [0.15, 0.2) is 0 Å². The van der Waals surface area contributed by atoms with Crippen molar-refractivity contribution in [2.75, 3.05) is 11.9 Å². The van der Waals surface area contributed by atoms with Gasteiger partial charge in [-0.05, 0) is 31.0 Å². The van der Waals surface area contributed by atoms with E-state index in [2.05, 4.69) is 0 Å². The van der Waals surface area contributed by atoms with Gasteiger partial charge in [-0.15, -0.1) is 0 Å². The summed E-state index contributed by atoms with van der Waals surface area (Å²) in [6.07, 6.45) is 4.31. The van der Waals surface area contributed by atoms with Crippen LogP contribution in [0.3, 0.4) is 0 Å². The minimum Gasteiger partial charge on any atom is -0.325 e. The molecule has 0 atom stereocenters. The minimum atomic E-state index is -0.362. The fraction of sp³-hybridized carbons (Fsp3) is 0.500. The third-order valence-corrected chi connectivity index (χ3v) is 3.67. The lowest BCUT2D eigenvalue weighted by atomic mass is 9.94. The molecule has 0 radical (unpaired) electrons. The van der Waals surface area contributed by atoms with Crippen molar-refractivity contribution >= 4 is 11.6 Å². The Hall–Kier alpha value is -1.42. The lowest BCUT2D eigenvalue weighted by molar-refractivity contribution is -0.119. The molecule has 4 heteroatoms. The third kappa shape index (κ3) is 2.88. The predicted octanol–water partition coefficient (Wildman–Crippen LogP) is 2.45. The molecule has 2 N–H and O–H groups in total. The summed E-state index contributed by atoms with van der Waals surface area (Å²) in [7, 11) is 1.66. The van der Waals surface area contributed by atoms with Crippen LogP contribution in [0.2, 0.25) is 0 Å². The maximum absolute atomic E-state index is 13.1. The highest BCUT2D eigenvalue weighted by molar-refractivity contribution is 5.93. The molecule has 98 valence electrons. The van der Waals surface area contributed by atoms with Crippen LogP contribution in [0.15, 0.2) is 24.3 Å². The van der Waals surface area contributed by atoms with Gasteiger partial charge in [0.2, 0.25) is 5.91 Å². The first-order valence-electron chi connectivity index (χ1n) is 6.31. The fourth-order valence-corrected chi connectivity index (χ4v) is 2.50. The standard InChI is InChI=1S/C14H19FN2O/c1-17(12-6-4-5-11(15)9-12)13(18)10-14(16)7-2-3-8-14/h4-6,9H,2-3,7-8,10,16H2,1H3. The van der Waals surface area contributed by atoms with Crippen LogP contribution in [0.4, 0.5) is 10.1 Å². The molecule has 18 heavy (non-hydrogen) atoms. The SMILES string of the molecule is CN(C(=O)CC1(N)CCCC1)c1cccc(F)c1. The molecule has 1 fully saturated rings. The van der Waals surface area contributed by atoms with Crippen LogP contribution in [0.1, 0.15) is 32.1 Å². The van der Waals surface area contributed by atoms with E-state index in [1.54, 1.807) is 19.2 Å². The van der Waals surface area contributed by atoms with E-state index in [1.807, 2.05) is 0 Å². The molecule has 1 aromatic carbocycles. The van der Waals surface area contributed by atoms with Crippen molar-refractivity contribution in [1.82, 2.24) is 0 Å². The second-order valence-electron chi connectivity index (χ2n) is 5.18. The first-order valence-corrected chi connectivity index (χ1v) is 6.31. The molecule has 1 aliphatic rings. The molecule has 0 unspecified atom stereocenters. The average Bonchev–Trinajstić information content (AvgIpc) is 2.74. The van der Waals surface area contributed by atoms with Crippen LogP contribution in [-0.4, -0.2) is 18.5 Å². The van der Waals surface area contributed by atoms with Crippen molar-refractivity contribution in [3.63, 3.8) is 0 Å². The van der Waals surface area contributed by atoms with Crippen molar-refractivity contribution < 1.29 is 9.18 Å². The molecule has 0 heterocycles. The van der Waals surface area contributed by atoms with Crippen LogP contribution < -0.4 is 10.6 Å². The Balaban J connectivity index is 2.04. The Morgan fingerprint density at radius 2 is 2.11 bits per heavy atom. The summed E-state index contributed by atoms with van der Waals surface area (Å²) in [5.74, 6) is -0.388. The molecule has 0 bridgehead atoms. The van der Waals surface area contributed by atoms with E-state index in [0.29, 0.717) is 12.1 Å². The fourth-order valence-electron chi connectivity index (χ4n) is 2.50. The molecule has 1 amide bonds. The largest absolute Gasteiger partial charge is 0.325 e. The van der Waals surface area contributed by atoms with Gasteiger partial charge in [0.25, 0.3) is 0 Å². The van der Waals surface area contributed by atoms with Gasteiger partial charge in [-0.1, -0.05) is 18.9 Å². The zero-order valence-electron chi connectivity index (χ0n) is 10.7. The number of nitrogens with zero attached hydrogens (tertiary/aromatic N) is 1. The highest BCUT2D eigenvalue weighted by atomic mass is 19.1. The van der Waals surface area contributed by atoms with Crippen LogP contribution in [0.25, 0.3) is 0 Å². The first kappa shape index (κ1) is 13.0. The van der Waals surface area contributed by atoms with Crippen molar-refractivity contribution in [3.05, 3.63) is 30.1 Å². The van der Waals surface area contributed by atoms with Crippen LogP contribution >= 0.6 is 0 Å². The van der Waals surface area contributed by atoms with E-state index >= 15 is 0 Å². The Labute approximate surface area is 107 Å². The summed E-state index contributed by atoms with van der Waals surface area (Å²) in [5.41, 5.74) is 6.39. The average molecular weight is 250 g/mol. The van der Waals surface area contributed by atoms with E-state index < -0.39 is 0 Å². The van der Waals surface area contributed by atoms with Crippen molar-refractivity contribution in [3.8, 4) is 0 Å².